The van der Waals surface area contributed by atoms with Crippen molar-refractivity contribution in [3.05, 3.63) is 236 Å². The Kier molecular flexibility index (Phi) is 8.13. The minimum Gasteiger partial charge on any atom is -0.455 e. The van der Waals surface area contributed by atoms with E-state index in [9.17, 15) is 0 Å². The van der Waals surface area contributed by atoms with Crippen molar-refractivity contribution in [2.45, 2.75) is 19.3 Å². The first kappa shape index (κ1) is 39.1. The molecule has 2 heterocycles. The average molecular weight is 894 g/mol. The highest BCUT2D eigenvalue weighted by molar-refractivity contribution is 6.27. The fraction of sp³-hybridized carbons (Fsp3) is 0.0448. The van der Waals surface area contributed by atoms with Crippen LogP contribution in [0.15, 0.2) is 233 Å². The van der Waals surface area contributed by atoms with Gasteiger partial charge in [-0.2, -0.15) is 0 Å². The molecular formula is C67H43NO2. The normalized spacial score (nSPS) is 13.1. The van der Waals surface area contributed by atoms with Crippen molar-refractivity contribution in [2.24, 2.45) is 0 Å². The summed E-state index contributed by atoms with van der Waals surface area (Å²) in [4.78, 5) is 2.41. The molecule has 0 atom stereocenters. The molecule has 15 rings (SSSR count). The molecule has 1 aliphatic carbocycles. The van der Waals surface area contributed by atoms with Gasteiger partial charge in [-0.15, -0.1) is 0 Å². The highest BCUT2D eigenvalue weighted by atomic mass is 16.3. The van der Waals surface area contributed by atoms with Crippen LogP contribution in [0.2, 0.25) is 0 Å². The largest absolute Gasteiger partial charge is 0.455 e. The average Bonchev–Trinajstić information content (AvgIpc) is 4.05. The zero-order valence-corrected chi connectivity index (χ0v) is 38.6. The Bertz CT molecular complexity index is 4480. The standard InChI is InChI=1S/C67H43NO2/c1-67(2)60-24-11-9-20-53(60)54-34-31-45(39-61(54)67)68(43-29-26-40(27-30-43)47-22-13-23-56-55-21-10-12-25-62(55)69-65(47)56)44-32-35-63-58(38-44)59-36-41-14-3-4-15-46(41)64(66(59)70-63)42-28-33-52-50-18-6-5-16-48(50)49-17-7-8-19-51(49)57(52)37-42/h3-39H,1-2H3. The third-order valence-corrected chi connectivity index (χ3v) is 15.4. The molecule has 2 aromatic heterocycles. The quantitative estimate of drug-likeness (QED) is 0.161. The maximum absolute atomic E-state index is 7.08. The first-order valence-electron chi connectivity index (χ1n) is 24.2. The Hall–Kier alpha value is -8.92. The molecule has 0 saturated heterocycles. The van der Waals surface area contributed by atoms with Crippen LogP contribution in [-0.2, 0) is 5.41 Å². The van der Waals surface area contributed by atoms with Gasteiger partial charge in [-0.1, -0.05) is 178 Å². The molecule has 0 amide bonds. The molecule has 0 radical (unpaired) electrons. The first-order chi connectivity index (χ1) is 34.5. The lowest BCUT2D eigenvalue weighted by Gasteiger charge is -2.28. The molecule has 0 spiro atoms. The van der Waals surface area contributed by atoms with Gasteiger partial charge in [0.1, 0.15) is 22.3 Å². The fourth-order valence-electron chi connectivity index (χ4n) is 12.1. The van der Waals surface area contributed by atoms with Crippen LogP contribution < -0.4 is 4.90 Å². The zero-order valence-electron chi connectivity index (χ0n) is 38.6. The molecule has 328 valence electrons. The van der Waals surface area contributed by atoms with E-state index in [1.165, 1.54) is 65.3 Å². The molecule has 0 fully saturated rings. The predicted octanol–water partition coefficient (Wildman–Crippen LogP) is 19.2. The minimum absolute atomic E-state index is 0.160. The van der Waals surface area contributed by atoms with Crippen LogP contribution in [-0.4, -0.2) is 0 Å². The van der Waals surface area contributed by atoms with E-state index in [4.69, 9.17) is 8.83 Å². The number of furan rings is 2. The summed E-state index contributed by atoms with van der Waals surface area (Å²) >= 11 is 0. The van der Waals surface area contributed by atoms with Gasteiger partial charge in [-0.05, 0) is 137 Å². The summed E-state index contributed by atoms with van der Waals surface area (Å²) in [6.07, 6.45) is 0. The van der Waals surface area contributed by atoms with Crippen LogP contribution in [0.3, 0.4) is 0 Å². The summed E-state index contributed by atoms with van der Waals surface area (Å²) < 4.78 is 13.6. The Morgan fingerprint density at radius 3 is 1.67 bits per heavy atom. The first-order valence-corrected chi connectivity index (χ1v) is 24.2. The Morgan fingerprint density at radius 2 is 0.871 bits per heavy atom. The van der Waals surface area contributed by atoms with Crippen molar-refractivity contribution in [3.63, 3.8) is 0 Å². The zero-order chi connectivity index (χ0) is 46.2. The van der Waals surface area contributed by atoms with Gasteiger partial charge in [-0.3, -0.25) is 0 Å². The molecule has 14 aromatic rings. The van der Waals surface area contributed by atoms with Gasteiger partial charge in [0.2, 0.25) is 0 Å². The number of fused-ring (bicyclic) bond motifs is 16. The Balaban J connectivity index is 0.927. The van der Waals surface area contributed by atoms with Gasteiger partial charge < -0.3 is 13.7 Å². The summed E-state index contributed by atoms with van der Waals surface area (Å²) in [6.45, 7) is 4.70. The lowest BCUT2D eigenvalue weighted by atomic mass is 9.82. The van der Waals surface area contributed by atoms with Gasteiger partial charge in [-0.25, -0.2) is 0 Å². The number of rotatable bonds is 5. The summed E-state index contributed by atoms with van der Waals surface area (Å²) in [5, 5.41) is 14.3. The summed E-state index contributed by atoms with van der Waals surface area (Å²) in [5.74, 6) is 0. The van der Waals surface area contributed by atoms with Gasteiger partial charge >= 0.3 is 0 Å². The van der Waals surface area contributed by atoms with Crippen molar-refractivity contribution in [1.29, 1.82) is 0 Å². The lowest BCUT2D eigenvalue weighted by molar-refractivity contribution is 0.660. The van der Waals surface area contributed by atoms with E-state index in [2.05, 4.69) is 231 Å². The molecule has 3 heteroatoms. The molecule has 0 unspecified atom stereocenters. The second-order valence-electron chi connectivity index (χ2n) is 19.5. The fourth-order valence-corrected chi connectivity index (χ4v) is 12.1. The maximum Gasteiger partial charge on any atom is 0.143 e. The van der Waals surface area contributed by atoms with E-state index in [1.54, 1.807) is 0 Å². The van der Waals surface area contributed by atoms with E-state index >= 15 is 0 Å². The third-order valence-electron chi connectivity index (χ3n) is 15.4. The maximum atomic E-state index is 7.08. The van der Waals surface area contributed by atoms with Crippen LogP contribution in [0.1, 0.15) is 25.0 Å². The topological polar surface area (TPSA) is 29.5 Å². The second kappa shape index (κ2) is 14.5. The molecular weight excluding hydrogens is 851 g/mol. The van der Waals surface area contributed by atoms with Crippen LogP contribution in [0.4, 0.5) is 17.1 Å². The number of anilines is 3. The SMILES string of the molecule is CC1(C)c2ccccc2-c2ccc(N(c3ccc(-c4cccc5c4oc4ccccc45)cc3)c3ccc4oc5c(-c6ccc7c8ccccc8c8ccccc8c7c6)c6ccccc6cc5c4c3)cc21. The molecule has 0 N–H and O–H groups in total. The van der Waals surface area contributed by atoms with Gasteiger partial charge in [0.15, 0.2) is 0 Å². The Labute approximate surface area is 404 Å². The van der Waals surface area contributed by atoms with Crippen LogP contribution in [0.25, 0.3) is 120 Å². The van der Waals surface area contributed by atoms with E-state index in [0.717, 1.165) is 83.2 Å². The van der Waals surface area contributed by atoms with Crippen molar-refractivity contribution in [2.75, 3.05) is 4.90 Å². The second-order valence-corrected chi connectivity index (χ2v) is 19.5. The van der Waals surface area contributed by atoms with Crippen LogP contribution in [0, 0.1) is 0 Å². The van der Waals surface area contributed by atoms with Gasteiger partial charge in [0.25, 0.3) is 0 Å². The van der Waals surface area contributed by atoms with Crippen molar-refractivity contribution in [3.8, 4) is 33.4 Å². The van der Waals surface area contributed by atoms with Crippen molar-refractivity contribution < 1.29 is 8.83 Å². The molecule has 12 aromatic carbocycles. The van der Waals surface area contributed by atoms with E-state index in [1.807, 2.05) is 12.1 Å². The van der Waals surface area contributed by atoms with Gasteiger partial charge in [0.05, 0.1) is 0 Å². The minimum atomic E-state index is -0.160. The van der Waals surface area contributed by atoms with Crippen LogP contribution >= 0.6 is 0 Å². The number of hydrogen-bond acceptors (Lipinski definition) is 3. The molecule has 70 heavy (non-hydrogen) atoms. The smallest absolute Gasteiger partial charge is 0.143 e. The molecule has 1 aliphatic rings. The molecule has 0 bridgehead atoms. The summed E-state index contributed by atoms with van der Waals surface area (Å²) in [5.41, 5.74) is 16.3. The number of nitrogens with zero attached hydrogens (tertiary/aromatic N) is 1. The number of hydrogen-bond donors (Lipinski definition) is 0. The lowest BCUT2D eigenvalue weighted by Crippen LogP contribution is -2.16. The highest BCUT2D eigenvalue weighted by Gasteiger charge is 2.36. The van der Waals surface area contributed by atoms with E-state index in [0.29, 0.717) is 0 Å². The van der Waals surface area contributed by atoms with Gasteiger partial charge in [0, 0.05) is 55.1 Å². The number of para-hydroxylation sites is 2. The third kappa shape index (κ3) is 5.57. The molecule has 3 nitrogen and oxygen atoms in total. The summed E-state index contributed by atoms with van der Waals surface area (Å²) in [6, 6.07) is 81.9. The van der Waals surface area contributed by atoms with E-state index in [-0.39, 0.29) is 5.41 Å². The van der Waals surface area contributed by atoms with Crippen molar-refractivity contribution in [1.82, 2.24) is 0 Å². The predicted molar refractivity (Wildman–Crippen MR) is 294 cm³/mol. The molecule has 0 aliphatic heterocycles. The monoisotopic (exact) mass is 893 g/mol. The number of benzene rings is 12. The summed E-state index contributed by atoms with van der Waals surface area (Å²) in [7, 11) is 0. The molecule has 0 saturated carbocycles. The highest BCUT2D eigenvalue weighted by Crippen LogP contribution is 2.52. The van der Waals surface area contributed by atoms with E-state index < -0.39 is 0 Å². The van der Waals surface area contributed by atoms with Crippen molar-refractivity contribution >= 4 is 104 Å². The van der Waals surface area contributed by atoms with Crippen LogP contribution in [0.5, 0.6) is 0 Å². The Morgan fingerprint density at radius 1 is 0.314 bits per heavy atom.